The predicted octanol–water partition coefficient (Wildman–Crippen LogP) is 14.1. The third kappa shape index (κ3) is 4.13. The molecule has 0 atom stereocenters. The summed E-state index contributed by atoms with van der Waals surface area (Å²) < 4.78 is 9.86. The van der Waals surface area contributed by atoms with Crippen molar-refractivity contribution in [3.63, 3.8) is 0 Å². The Hall–Kier alpha value is -7.82. The van der Waals surface area contributed by atoms with E-state index in [4.69, 9.17) is 0 Å². The van der Waals surface area contributed by atoms with Crippen LogP contribution in [0.25, 0.3) is 110 Å². The molecule has 0 fully saturated rings. The second-order valence-corrected chi connectivity index (χ2v) is 15.3. The third-order valence-corrected chi connectivity index (χ3v) is 12.3. The van der Waals surface area contributed by atoms with Crippen LogP contribution in [0.3, 0.4) is 0 Å². The quantitative estimate of drug-likeness (QED) is 0.171. The molecule has 0 aliphatic rings. The number of aromatic nitrogens is 4. The maximum atomic E-state index is 2.50. The molecule has 4 heteroatoms. The van der Waals surface area contributed by atoms with Crippen LogP contribution in [0.1, 0.15) is 0 Å². The molecule has 0 unspecified atom stereocenters. The molecule has 0 N–H and O–H groups in total. The summed E-state index contributed by atoms with van der Waals surface area (Å²) in [6.07, 6.45) is 0. The van der Waals surface area contributed by atoms with Gasteiger partial charge in [0.1, 0.15) is 0 Å². The number of hydrogen-bond acceptors (Lipinski definition) is 0. The van der Waals surface area contributed by atoms with Gasteiger partial charge in [0.15, 0.2) is 0 Å². The van der Waals surface area contributed by atoms with Crippen LogP contribution >= 0.6 is 0 Å². The van der Waals surface area contributed by atoms with E-state index in [9.17, 15) is 0 Å². The molecule has 0 aliphatic carbocycles. The molecule has 0 bridgehead atoms. The molecule has 58 heavy (non-hydrogen) atoms. The number of nitrogens with zero attached hydrogens (tertiary/aromatic N) is 4. The van der Waals surface area contributed by atoms with Crippen LogP contribution in [0.15, 0.2) is 206 Å². The van der Waals surface area contributed by atoms with Gasteiger partial charge in [-0.3, -0.25) is 0 Å². The van der Waals surface area contributed by atoms with E-state index in [0.29, 0.717) is 0 Å². The Morgan fingerprint density at radius 1 is 0.190 bits per heavy atom. The lowest BCUT2D eigenvalue weighted by atomic mass is 10.1. The summed E-state index contributed by atoms with van der Waals surface area (Å²) in [5.41, 5.74) is 14.2. The van der Waals surface area contributed by atoms with Crippen molar-refractivity contribution < 1.29 is 0 Å². The van der Waals surface area contributed by atoms with Gasteiger partial charge >= 0.3 is 0 Å². The first-order valence-corrected chi connectivity index (χ1v) is 20.0. The first kappa shape index (κ1) is 31.4. The molecule has 0 saturated heterocycles. The number of benzene rings is 9. The Morgan fingerprint density at radius 2 is 0.466 bits per heavy atom. The maximum absolute atomic E-state index is 2.50. The fourth-order valence-corrected chi connectivity index (χ4v) is 10.1. The molecule has 0 radical (unpaired) electrons. The van der Waals surface area contributed by atoms with Crippen LogP contribution in [0.4, 0.5) is 0 Å². The highest BCUT2D eigenvalue weighted by Gasteiger charge is 2.24. The highest BCUT2D eigenvalue weighted by Crippen LogP contribution is 2.44. The number of hydrogen-bond donors (Lipinski definition) is 0. The topological polar surface area (TPSA) is 19.7 Å². The van der Waals surface area contributed by atoms with E-state index in [2.05, 4.69) is 225 Å². The van der Waals surface area contributed by atoms with E-state index < -0.39 is 0 Å². The Labute approximate surface area is 333 Å². The van der Waals surface area contributed by atoms with Crippen molar-refractivity contribution in [3.8, 4) is 22.7 Å². The van der Waals surface area contributed by atoms with Gasteiger partial charge in [-0.15, -0.1) is 0 Å². The SMILES string of the molecule is c1ccc(-n2c3ccccc3c3c(-n4c5ccccc5c5c(-n6c7ccccc7c7c(-n8c9ccccc9c9ccccc98)cccc76)cccc54)cccc32)cc1. The third-order valence-electron chi connectivity index (χ3n) is 12.3. The fourth-order valence-electron chi connectivity index (χ4n) is 10.1. The second kappa shape index (κ2) is 11.8. The molecule has 4 nitrogen and oxygen atoms in total. The molecule has 0 saturated carbocycles. The van der Waals surface area contributed by atoms with Gasteiger partial charge in [0, 0.05) is 48.8 Å². The van der Waals surface area contributed by atoms with E-state index in [1.54, 1.807) is 0 Å². The maximum Gasteiger partial charge on any atom is 0.0562 e. The molecule has 270 valence electrons. The van der Waals surface area contributed by atoms with Crippen LogP contribution in [0, 0.1) is 0 Å². The van der Waals surface area contributed by atoms with Crippen molar-refractivity contribution in [2.45, 2.75) is 0 Å². The lowest BCUT2D eigenvalue weighted by molar-refractivity contribution is 1.16. The highest BCUT2D eigenvalue weighted by atomic mass is 15.0. The first-order chi connectivity index (χ1) is 28.8. The Bertz CT molecular complexity index is 3740. The van der Waals surface area contributed by atoms with Gasteiger partial charge in [0.2, 0.25) is 0 Å². The average Bonchev–Trinajstić information content (AvgIpc) is 4.02. The predicted molar refractivity (Wildman–Crippen MR) is 244 cm³/mol. The highest BCUT2D eigenvalue weighted by molar-refractivity contribution is 6.21. The lowest BCUT2D eigenvalue weighted by Crippen LogP contribution is -1.98. The summed E-state index contributed by atoms with van der Waals surface area (Å²) in [7, 11) is 0. The van der Waals surface area contributed by atoms with E-state index in [-0.39, 0.29) is 0 Å². The van der Waals surface area contributed by atoms with E-state index in [0.717, 1.165) is 11.4 Å². The monoisotopic (exact) mass is 738 g/mol. The summed E-state index contributed by atoms with van der Waals surface area (Å²) in [4.78, 5) is 0. The van der Waals surface area contributed by atoms with Crippen molar-refractivity contribution >= 4 is 87.2 Å². The van der Waals surface area contributed by atoms with Gasteiger partial charge in [-0.25, -0.2) is 0 Å². The van der Waals surface area contributed by atoms with Crippen LogP contribution in [0.2, 0.25) is 0 Å². The minimum Gasteiger partial charge on any atom is -0.309 e. The zero-order valence-corrected chi connectivity index (χ0v) is 31.4. The van der Waals surface area contributed by atoms with E-state index in [1.807, 2.05) is 0 Å². The Balaban J connectivity index is 1.14. The Kier molecular flexibility index (Phi) is 6.41. The zero-order chi connectivity index (χ0) is 37.9. The standard InChI is InChI=1S/C54H34N4/c1-2-17-35(18-3-1)55-43-26-11-6-21-38(43)52-46(55)29-14-31-48(52)57-45-28-13-8-23-40(45)54-50(57)33-16-34-51(54)58-44-27-12-7-22-39(44)53-47(30-15-32-49(53)58)56-41-24-9-4-19-36(41)37-20-5-10-25-42(37)56/h1-34H. The van der Waals surface area contributed by atoms with Crippen molar-refractivity contribution in [2.24, 2.45) is 0 Å². The fraction of sp³-hybridized carbons (Fsp3) is 0. The largest absolute Gasteiger partial charge is 0.309 e. The van der Waals surface area contributed by atoms with Crippen LogP contribution in [-0.4, -0.2) is 18.3 Å². The van der Waals surface area contributed by atoms with Gasteiger partial charge < -0.3 is 18.3 Å². The molecular weight excluding hydrogens is 705 g/mol. The van der Waals surface area contributed by atoms with Crippen molar-refractivity contribution in [2.75, 3.05) is 0 Å². The van der Waals surface area contributed by atoms with Crippen LogP contribution < -0.4 is 0 Å². The molecule has 0 amide bonds. The Morgan fingerprint density at radius 3 is 0.879 bits per heavy atom. The molecule has 0 aliphatic heterocycles. The first-order valence-electron chi connectivity index (χ1n) is 20.0. The summed E-state index contributed by atoms with van der Waals surface area (Å²) in [5, 5.41) is 9.92. The van der Waals surface area contributed by atoms with Gasteiger partial charge in [-0.1, -0.05) is 127 Å². The van der Waals surface area contributed by atoms with Crippen LogP contribution in [0.5, 0.6) is 0 Å². The molecule has 0 spiro atoms. The lowest BCUT2D eigenvalue weighted by Gasteiger charge is -2.13. The average molecular weight is 739 g/mol. The summed E-state index contributed by atoms with van der Waals surface area (Å²) >= 11 is 0. The molecule has 13 rings (SSSR count). The molecular formula is C54H34N4. The molecule has 4 aromatic heterocycles. The molecule has 9 aromatic carbocycles. The van der Waals surface area contributed by atoms with Gasteiger partial charge in [0.05, 0.1) is 61.2 Å². The summed E-state index contributed by atoms with van der Waals surface area (Å²) in [5.74, 6) is 0. The smallest absolute Gasteiger partial charge is 0.0562 e. The normalized spacial score (nSPS) is 12.1. The van der Waals surface area contributed by atoms with Crippen molar-refractivity contribution in [1.82, 2.24) is 18.3 Å². The van der Waals surface area contributed by atoms with E-state index in [1.165, 1.54) is 98.6 Å². The van der Waals surface area contributed by atoms with Crippen molar-refractivity contribution in [3.05, 3.63) is 206 Å². The molecule has 13 aromatic rings. The van der Waals surface area contributed by atoms with E-state index >= 15 is 0 Å². The van der Waals surface area contributed by atoms with Gasteiger partial charge in [0.25, 0.3) is 0 Å². The van der Waals surface area contributed by atoms with Crippen molar-refractivity contribution in [1.29, 1.82) is 0 Å². The van der Waals surface area contributed by atoms with Gasteiger partial charge in [-0.05, 0) is 78.9 Å². The minimum absolute atomic E-state index is 1.15. The van der Waals surface area contributed by atoms with Crippen LogP contribution in [-0.2, 0) is 0 Å². The number of rotatable bonds is 4. The van der Waals surface area contributed by atoms with Gasteiger partial charge in [-0.2, -0.15) is 0 Å². The second-order valence-electron chi connectivity index (χ2n) is 15.3. The minimum atomic E-state index is 1.15. The molecule has 4 heterocycles. The zero-order valence-electron chi connectivity index (χ0n) is 31.4. The number of fused-ring (bicyclic) bond motifs is 12. The summed E-state index contributed by atoms with van der Waals surface area (Å²) in [6.45, 7) is 0. The summed E-state index contributed by atoms with van der Waals surface area (Å²) in [6, 6.07) is 75.4. The number of para-hydroxylation sites is 6.